The molecule has 1 aromatic rings. The van der Waals surface area contributed by atoms with E-state index < -0.39 is 28.9 Å². The Kier molecular flexibility index (Phi) is 3.54. The second-order valence-corrected chi connectivity index (χ2v) is 4.99. The van der Waals surface area contributed by atoms with Gasteiger partial charge < -0.3 is 5.11 Å². The van der Waals surface area contributed by atoms with Gasteiger partial charge >= 0.3 is 12.1 Å². The van der Waals surface area contributed by atoms with Crippen LogP contribution in [0.1, 0.15) is 16.4 Å². The molecule has 1 aliphatic heterocycles. The molecule has 2 atom stereocenters. The normalized spacial score (nSPS) is 24.2. The summed E-state index contributed by atoms with van der Waals surface area (Å²) in [5.74, 6) is -1.71. The Morgan fingerprint density at radius 2 is 2.17 bits per heavy atom. The molecule has 0 aromatic heterocycles. The topological polar surface area (TPSA) is 49.3 Å². The number of carboxylic acids is 1. The highest BCUT2D eigenvalue weighted by atomic mass is 32.2. The molecule has 2 rings (SSSR count). The van der Waals surface area contributed by atoms with Crippen LogP contribution in [0.15, 0.2) is 24.3 Å². The number of carboxylic acid groups (broad SMARTS) is 1. The SMILES string of the molecule is O=C(O)C1CNSC1c1cccc(C(F)(F)F)c1. The monoisotopic (exact) mass is 277 g/mol. The third-order valence-electron chi connectivity index (χ3n) is 2.74. The summed E-state index contributed by atoms with van der Waals surface area (Å²) in [5, 5.41) is 8.50. The lowest BCUT2D eigenvalue weighted by Crippen LogP contribution is -2.21. The van der Waals surface area contributed by atoms with Crippen LogP contribution in [0.3, 0.4) is 0 Å². The Bertz CT molecular complexity index is 464. The molecule has 1 saturated heterocycles. The number of alkyl halides is 3. The van der Waals surface area contributed by atoms with E-state index >= 15 is 0 Å². The largest absolute Gasteiger partial charge is 0.481 e. The molecule has 0 saturated carbocycles. The highest BCUT2D eigenvalue weighted by molar-refractivity contribution is 7.97. The van der Waals surface area contributed by atoms with Gasteiger partial charge in [-0.2, -0.15) is 13.2 Å². The molecule has 2 N–H and O–H groups in total. The molecule has 3 nitrogen and oxygen atoms in total. The van der Waals surface area contributed by atoms with E-state index in [0.29, 0.717) is 5.56 Å². The first-order chi connectivity index (χ1) is 8.39. The Labute approximate surface area is 106 Å². The first-order valence-corrected chi connectivity index (χ1v) is 6.06. The Morgan fingerprint density at radius 1 is 1.44 bits per heavy atom. The molecular weight excluding hydrogens is 267 g/mol. The van der Waals surface area contributed by atoms with Gasteiger partial charge in [0.25, 0.3) is 0 Å². The van der Waals surface area contributed by atoms with E-state index in [9.17, 15) is 18.0 Å². The molecule has 0 spiro atoms. The molecule has 2 unspecified atom stereocenters. The number of nitrogens with one attached hydrogen (secondary N) is 1. The molecule has 0 amide bonds. The fraction of sp³-hybridized carbons (Fsp3) is 0.364. The van der Waals surface area contributed by atoms with Gasteiger partial charge in [0.15, 0.2) is 0 Å². The third-order valence-corrected chi connectivity index (χ3v) is 3.93. The molecule has 1 aromatic carbocycles. The first kappa shape index (κ1) is 13.2. The fourth-order valence-electron chi connectivity index (χ4n) is 1.83. The van der Waals surface area contributed by atoms with E-state index in [-0.39, 0.29) is 6.54 Å². The first-order valence-electron chi connectivity index (χ1n) is 5.18. The predicted molar refractivity (Wildman–Crippen MR) is 60.9 cm³/mol. The second kappa shape index (κ2) is 4.81. The van der Waals surface area contributed by atoms with Crippen molar-refractivity contribution in [3.8, 4) is 0 Å². The van der Waals surface area contributed by atoms with Gasteiger partial charge in [-0.3, -0.25) is 9.52 Å². The minimum absolute atomic E-state index is 0.251. The Hall–Kier alpha value is -1.21. The number of hydrogen-bond donors (Lipinski definition) is 2. The molecule has 0 bridgehead atoms. The van der Waals surface area contributed by atoms with Crippen LogP contribution in [-0.4, -0.2) is 17.6 Å². The van der Waals surface area contributed by atoms with E-state index in [1.54, 1.807) is 0 Å². The molecule has 0 aliphatic carbocycles. The maximum absolute atomic E-state index is 12.6. The van der Waals surface area contributed by atoms with Crippen molar-refractivity contribution in [1.29, 1.82) is 0 Å². The van der Waals surface area contributed by atoms with Gasteiger partial charge in [0.1, 0.15) is 0 Å². The van der Waals surface area contributed by atoms with Crippen LogP contribution in [0, 0.1) is 5.92 Å². The van der Waals surface area contributed by atoms with E-state index in [4.69, 9.17) is 5.11 Å². The summed E-state index contributed by atoms with van der Waals surface area (Å²) in [6.07, 6.45) is -4.41. The average Bonchev–Trinajstić information content (AvgIpc) is 2.77. The number of benzene rings is 1. The predicted octanol–water partition coefficient (Wildman–Crippen LogP) is 2.70. The molecule has 1 aliphatic rings. The zero-order valence-corrected chi connectivity index (χ0v) is 9.89. The van der Waals surface area contributed by atoms with Crippen molar-refractivity contribution in [3.63, 3.8) is 0 Å². The molecule has 0 radical (unpaired) electrons. The van der Waals surface area contributed by atoms with Gasteiger partial charge in [-0.1, -0.05) is 30.1 Å². The molecule has 1 fully saturated rings. The van der Waals surface area contributed by atoms with Crippen molar-refractivity contribution >= 4 is 17.9 Å². The number of halogens is 3. The smallest absolute Gasteiger partial charge is 0.416 e. The van der Waals surface area contributed by atoms with Crippen molar-refractivity contribution in [2.24, 2.45) is 5.92 Å². The molecule has 1 heterocycles. The van der Waals surface area contributed by atoms with Crippen molar-refractivity contribution in [3.05, 3.63) is 35.4 Å². The maximum atomic E-state index is 12.6. The van der Waals surface area contributed by atoms with E-state index in [2.05, 4.69) is 4.72 Å². The number of hydrogen-bond acceptors (Lipinski definition) is 3. The maximum Gasteiger partial charge on any atom is 0.416 e. The minimum atomic E-state index is -4.41. The minimum Gasteiger partial charge on any atom is -0.481 e. The molecular formula is C11H10F3NO2S. The lowest BCUT2D eigenvalue weighted by atomic mass is 9.97. The van der Waals surface area contributed by atoms with Crippen LogP contribution in [0.5, 0.6) is 0 Å². The van der Waals surface area contributed by atoms with E-state index in [1.165, 1.54) is 12.1 Å². The zero-order chi connectivity index (χ0) is 13.3. The van der Waals surface area contributed by atoms with Crippen LogP contribution in [0.4, 0.5) is 13.2 Å². The summed E-state index contributed by atoms with van der Waals surface area (Å²) in [6.45, 7) is 0.251. The quantitative estimate of drug-likeness (QED) is 0.816. The molecule has 98 valence electrons. The highest BCUT2D eigenvalue weighted by Crippen LogP contribution is 2.40. The van der Waals surface area contributed by atoms with Crippen molar-refractivity contribution in [2.45, 2.75) is 11.4 Å². The van der Waals surface area contributed by atoms with Crippen LogP contribution in [0.2, 0.25) is 0 Å². The summed E-state index contributed by atoms with van der Waals surface area (Å²) in [5.41, 5.74) is -0.371. The van der Waals surface area contributed by atoms with Crippen LogP contribution < -0.4 is 4.72 Å². The average molecular weight is 277 g/mol. The standard InChI is InChI=1S/C11H10F3NO2S/c12-11(13,14)7-3-1-2-6(4-7)9-8(10(16)17)5-15-18-9/h1-4,8-9,15H,5H2,(H,16,17). The molecule has 7 heteroatoms. The number of carbonyl (C=O) groups is 1. The van der Waals surface area contributed by atoms with Gasteiger partial charge in [-0.15, -0.1) is 0 Å². The fourth-order valence-corrected chi connectivity index (χ4v) is 2.94. The lowest BCUT2D eigenvalue weighted by molar-refractivity contribution is -0.141. The summed E-state index contributed by atoms with van der Waals surface area (Å²) in [6, 6.07) is 4.82. The van der Waals surface area contributed by atoms with Crippen molar-refractivity contribution < 1.29 is 23.1 Å². The van der Waals surface area contributed by atoms with Crippen molar-refractivity contribution in [1.82, 2.24) is 4.72 Å². The third kappa shape index (κ3) is 2.62. The zero-order valence-electron chi connectivity index (χ0n) is 9.07. The van der Waals surface area contributed by atoms with Gasteiger partial charge in [0.2, 0.25) is 0 Å². The Balaban J connectivity index is 2.31. The second-order valence-electron chi connectivity index (χ2n) is 3.95. The van der Waals surface area contributed by atoms with Crippen LogP contribution in [-0.2, 0) is 11.0 Å². The van der Waals surface area contributed by atoms with Gasteiger partial charge in [0, 0.05) is 6.54 Å². The van der Waals surface area contributed by atoms with E-state index in [0.717, 1.165) is 24.1 Å². The van der Waals surface area contributed by atoms with Crippen LogP contribution >= 0.6 is 11.9 Å². The van der Waals surface area contributed by atoms with Crippen molar-refractivity contribution in [2.75, 3.05) is 6.54 Å². The summed E-state index contributed by atoms with van der Waals surface area (Å²) in [7, 11) is 0. The summed E-state index contributed by atoms with van der Waals surface area (Å²) in [4.78, 5) is 11.0. The van der Waals surface area contributed by atoms with E-state index in [1.807, 2.05) is 0 Å². The molecule has 18 heavy (non-hydrogen) atoms. The van der Waals surface area contributed by atoms with Crippen LogP contribution in [0.25, 0.3) is 0 Å². The van der Waals surface area contributed by atoms with Gasteiger partial charge in [-0.05, 0) is 11.6 Å². The van der Waals surface area contributed by atoms with Gasteiger partial charge in [0.05, 0.1) is 16.7 Å². The summed E-state index contributed by atoms with van der Waals surface area (Å²) < 4.78 is 40.5. The number of rotatable bonds is 2. The van der Waals surface area contributed by atoms with Gasteiger partial charge in [-0.25, -0.2) is 0 Å². The lowest BCUT2D eigenvalue weighted by Gasteiger charge is -2.15. The highest BCUT2D eigenvalue weighted by Gasteiger charge is 2.37. The summed E-state index contributed by atoms with van der Waals surface area (Å²) >= 11 is 1.15. The Morgan fingerprint density at radius 3 is 2.78 bits per heavy atom. The number of aliphatic carboxylic acids is 1.